The van der Waals surface area contributed by atoms with Crippen LogP contribution in [0.5, 0.6) is 0 Å². The number of carbonyl (C=O) groups is 1. The number of thiophene rings is 1. The Morgan fingerprint density at radius 1 is 1.33 bits per heavy atom. The Labute approximate surface area is 143 Å². The highest BCUT2D eigenvalue weighted by Gasteiger charge is 2.30. The van der Waals surface area contributed by atoms with E-state index in [1.807, 2.05) is 42.6 Å². The van der Waals surface area contributed by atoms with Crippen molar-refractivity contribution in [1.29, 1.82) is 0 Å². The van der Waals surface area contributed by atoms with E-state index < -0.39 is 5.54 Å². The molecule has 0 radical (unpaired) electrons. The van der Waals surface area contributed by atoms with Crippen LogP contribution in [0.15, 0.2) is 40.2 Å². The summed E-state index contributed by atoms with van der Waals surface area (Å²) in [5, 5.41) is 4.94. The Morgan fingerprint density at radius 2 is 1.95 bits per heavy atom. The topological polar surface area (TPSA) is 55.1 Å². The van der Waals surface area contributed by atoms with Crippen molar-refractivity contribution >= 4 is 45.6 Å². The molecule has 1 unspecified atom stereocenters. The second-order valence-corrected chi connectivity index (χ2v) is 6.84. The van der Waals surface area contributed by atoms with E-state index in [9.17, 15) is 4.79 Å². The molecule has 1 aromatic carbocycles. The predicted molar refractivity (Wildman–Crippen MR) is 93.8 cm³/mol. The van der Waals surface area contributed by atoms with E-state index in [4.69, 9.17) is 5.73 Å². The molecule has 114 valence electrons. The number of halogens is 2. The average molecular weight is 390 g/mol. The molecule has 0 saturated heterocycles. The largest absolute Gasteiger partial charge is 0.349 e. The fourth-order valence-electron chi connectivity index (χ4n) is 1.86. The molecule has 3 nitrogen and oxygen atoms in total. The van der Waals surface area contributed by atoms with Gasteiger partial charge in [-0.2, -0.15) is 0 Å². The van der Waals surface area contributed by atoms with Gasteiger partial charge in [-0.1, -0.05) is 28.1 Å². The Bertz CT molecular complexity index is 610. The maximum absolute atomic E-state index is 12.3. The van der Waals surface area contributed by atoms with E-state index >= 15 is 0 Å². The third kappa shape index (κ3) is 4.30. The Kier molecular flexibility index (Phi) is 6.41. The second-order valence-electron chi connectivity index (χ2n) is 4.92. The van der Waals surface area contributed by atoms with Gasteiger partial charge >= 0.3 is 0 Å². The van der Waals surface area contributed by atoms with Crippen molar-refractivity contribution in [3.63, 3.8) is 0 Å². The second kappa shape index (κ2) is 7.40. The summed E-state index contributed by atoms with van der Waals surface area (Å²) in [5.74, 6) is -0.173. The van der Waals surface area contributed by atoms with Crippen LogP contribution in [0.4, 0.5) is 0 Å². The van der Waals surface area contributed by atoms with Crippen LogP contribution in [0, 0.1) is 6.92 Å². The number of amides is 1. The first-order valence-corrected chi connectivity index (χ1v) is 7.94. The van der Waals surface area contributed by atoms with E-state index in [1.165, 1.54) is 5.56 Å². The van der Waals surface area contributed by atoms with Gasteiger partial charge in [-0.3, -0.25) is 4.79 Å². The van der Waals surface area contributed by atoms with Crippen molar-refractivity contribution in [2.24, 2.45) is 5.73 Å². The van der Waals surface area contributed by atoms with Crippen LogP contribution in [-0.2, 0) is 16.9 Å². The van der Waals surface area contributed by atoms with Gasteiger partial charge in [0, 0.05) is 9.35 Å². The highest BCUT2D eigenvalue weighted by Crippen LogP contribution is 2.21. The number of hydrogen-bond acceptors (Lipinski definition) is 3. The van der Waals surface area contributed by atoms with Crippen LogP contribution in [-0.4, -0.2) is 5.91 Å². The molecular formula is C15H18BrClN2OS. The fourth-order valence-corrected chi connectivity index (χ4v) is 2.97. The molecule has 1 amide bonds. The van der Waals surface area contributed by atoms with Gasteiger partial charge in [0.15, 0.2) is 0 Å². The molecule has 0 aliphatic carbocycles. The zero-order valence-electron chi connectivity index (χ0n) is 11.9. The van der Waals surface area contributed by atoms with Gasteiger partial charge < -0.3 is 11.1 Å². The molecule has 0 saturated carbocycles. The third-order valence-corrected chi connectivity index (χ3v) is 4.84. The van der Waals surface area contributed by atoms with Gasteiger partial charge in [0.25, 0.3) is 0 Å². The molecule has 1 atom stereocenters. The summed E-state index contributed by atoms with van der Waals surface area (Å²) in [5.41, 5.74) is 7.13. The molecule has 2 rings (SSSR count). The summed E-state index contributed by atoms with van der Waals surface area (Å²) in [6.07, 6.45) is 0. The SMILES string of the molecule is Cc1ccsc1CNC(=O)C(C)(N)c1ccc(Br)cc1.Cl. The number of nitrogens with one attached hydrogen (secondary N) is 1. The summed E-state index contributed by atoms with van der Waals surface area (Å²) in [4.78, 5) is 13.5. The summed E-state index contributed by atoms with van der Waals surface area (Å²) >= 11 is 5.01. The van der Waals surface area contributed by atoms with Gasteiger partial charge in [0.2, 0.25) is 5.91 Å². The smallest absolute Gasteiger partial charge is 0.244 e. The quantitative estimate of drug-likeness (QED) is 0.837. The molecule has 0 fully saturated rings. The summed E-state index contributed by atoms with van der Waals surface area (Å²) in [7, 11) is 0. The Morgan fingerprint density at radius 3 is 2.48 bits per heavy atom. The number of rotatable bonds is 4. The summed E-state index contributed by atoms with van der Waals surface area (Å²) in [6.45, 7) is 4.28. The van der Waals surface area contributed by atoms with E-state index in [0.29, 0.717) is 6.54 Å². The van der Waals surface area contributed by atoms with E-state index in [1.54, 1.807) is 18.3 Å². The predicted octanol–water partition coefficient (Wildman–Crippen LogP) is 3.73. The first kappa shape index (κ1) is 18.2. The zero-order valence-corrected chi connectivity index (χ0v) is 15.1. The van der Waals surface area contributed by atoms with Gasteiger partial charge in [-0.15, -0.1) is 23.7 Å². The molecule has 6 heteroatoms. The lowest BCUT2D eigenvalue weighted by molar-refractivity contribution is -0.126. The number of hydrogen-bond donors (Lipinski definition) is 2. The number of benzene rings is 1. The monoisotopic (exact) mass is 388 g/mol. The van der Waals surface area contributed by atoms with Crippen LogP contribution in [0.3, 0.4) is 0 Å². The van der Waals surface area contributed by atoms with Gasteiger partial charge in [0.05, 0.1) is 6.54 Å². The Hall–Kier alpha value is -0.880. The summed E-state index contributed by atoms with van der Waals surface area (Å²) in [6, 6.07) is 9.54. The highest BCUT2D eigenvalue weighted by atomic mass is 79.9. The van der Waals surface area contributed by atoms with Crippen molar-refractivity contribution in [3.05, 3.63) is 56.2 Å². The van der Waals surface area contributed by atoms with E-state index in [0.717, 1.165) is 14.9 Å². The van der Waals surface area contributed by atoms with Gasteiger partial charge in [0.1, 0.15) is 5.54 Å². The summed E-state index contributed by atoms with van der Waals surface area (Å²) < 4.78 is 0.965. The minimum atomic E-state index is -1.04. The zero-order chi connectivity index (χ0) is 14.8. The lowest BCUT2D eigenvalue weighted by Gasteiger charge is -2.24. The molecule has 21 heavy (non-hydrogen) atoms. The van der Waals surface area contributed by atoms with E-state index in [2.05, 4.69) is 21.2 Å². The molecule has 3 N–H and O–H groups in total. The molecule has 0 aliphatic rings. The molecule has 1 aromatic heterocycles. The number of carbonyl (C=O) groups excluding carboxylic acids is 1. The maximum Gasteiger partial charge on any atom is 0.244 e. The minimum Gasteiger partial charge on any atom is -0.349 e. The van der Waals surface area contributed by atoms with Crippen molar-refractivity contribution < 1.29 is 4.79 Å². The van der Waals surface area contributed by atoms with Crippen molar-refractivity contribution in [1.82, 2.24) is 5.32 Å². The molecule has 2 aromatic rings. The average Bonchev–Trinajstić information content (AvgIpc) is 2.82. The molecule has 0 aliphatic heterocycles. The fraction of sp³-hybridized carbons (Fsp3) is 0.267. The number of aryl methyl sites for hydroxylation is 1. The van der Waals surface area contributed by atoms with Crippen LogP contribution in [0.25, 0.3) is 0 Å². The molecule has 0 spiro atoms. The van der Waals surface area contributed by atoms with E-state index in [-0.39, 0.29) is 18.3 Å². The van der Waals surface area contributed by atoms with Gasteiger partial charge in [-0.05, 0) is 48.6 Å². The van der Waals surface area contributed by atoms with Crippen molar-refractivity contribution in [3.8, 4) is 0 Å². The minimum absolute atomic E-state index is 0. The lowest BCUT2D eigenvalue weighted by Crippen LogP contribution is -2.48. The standard InChI is InChI=1S/C15H17BrN2OS.ClH/c1-10-7-8-20-13(10)9-18-14(19)15(2,17)11-3-5-12(16)6-4-11;/h3-8H,9,17H2,1-2H3,(H,18,19);1H. The maximum atomic E-state index is 12.3. The van der Waals surface area contributed by atoms with Crippen molar-refractivity contribution in [2.75, 3.05) is 0 Å². The van der Waals surface area contributed by atoms with Crippen LogP contribution < -0.4 is 11.1 Å². The molecular weight excluding hydrogens is 372 g/mol. The van der Waals surface area contributed by atoms with Crippen LogP contribution in [0.1, 0.15) is 22.9 Å². The third-order valence-electron chi connectivity index (χ3n) is 3.29. The lowest BCUT2D eigenvalue weighted by atomic mass is 9.92. The Balaban J connectivity index is 0.00000220. The van der Waals surface area contributed by atoms with Crippen LogP contribution >= 0.6 is 39.7 Å². The molecule has 1 heterocycles. The highest BCUT2D eigenvalue weighted by molar-refractivity contribution is 9.10. The van der Waals surface area contributed by atoms with Crippen LogP contribution in [0.2, 0.25) is 0 Å². The first-order valence-electron chi connectivity index (χ1n) is 6.27. The molecule has 0 bridgehead atoms. The first-order chi connectivity index (χ1) is 9.41. The van der Waals surface area contributed by atoms with Crippen molar-refractivity contribution in [2.45, 2.75) is 25.9 Å². The van der Waals surface area contributed by atoms with Gasteiger partial charge in [-0.25, -0.2) is 0 Å². The number of nitrogens with two attached hydrogens (primary N) is 1. The normalized spacial score (nSPS) is 13.1.